The molecule has 0 amide bonds. The van der Waals surface area contributed by atoms with Crippen LogP contribution in [0.2, 0.25) is 0 Å². The molecule has 1 N–H and O–H groups in total. The fourth-order valence-corrected chi connectivity index (χ4v) is 2.21. The Kier molecular flexibility index (Phi) is 5.33. The van der Waals surface area contributed by atoms with Crippen molar-refractivity contribution in [2.24, 2.45) is 0 Å². The summed E-state index contributed by atoms with van der Waals surface area (Å²) in [6.45, 7) is 6.98. The van der Waals surface area contributed by atoms with Gasteiger partial charge in [-0.05, 0) is 38.8 Å². The van der Waals surface area contributed by atoms with Crippen molar-refractivity contribution >= 4 is 5.69 Å². The van der Waals surface area contributed by atoms with E-state index in [-0.39, 0.29) is 0 Å². The van der Waals surface area contributed by atoms with Crippen molar-refractivity contribution in [1.29, 1.82) is 0 Å². The normalized spacial score (nSPS) is 18.3. The Balaban J connectivity index is 2.02. The van der Waals surface area contributed by atoms with Gasteiger partial charge in [0, 0.05) is 19.2 Å². The molecule has 1 saturated heterocycles. The molecule has 1 fully saturated rings. The van der Waals surface area contributed by atoms with Gasteiger partial charge in [-0.25, -0.2) is 0 Å². The zero-order valence-corrected chi connectivity index (χ0v) is 11.8. The lowest BCUT2D eigenvalue weighted by Gasteiger charge is -2.16. The molecule has 2 rings (SSSR count). The van der Waals surface area contributed by atoms with Gasteiger partial charge in [-0.15, -0.1) is 0 Å². The van der Waals surface area contributed by atoms with Crippen LogP contribution in [0, 0.1) is 0 Å². The van der Waals surface area contributed by atoms with Crippen LogP contribution in [0.5, 0.6) is 11.5 Å². The lowest BCUT2D eigenvalue weighted by atomic mass is 10.2. The number of nitrogens with one attached hydrogen (secondary N) is 1. The molecule has 1 aromatic rings. The van der Waals surface area contributed by atoms with Crippen LogP contribution in [-0.2, 0) is 4.74 Å². The zero-order valence-electron chi connectivity index (χ0n) is 11.8. The number of ether oxygens (including phenoxy) is 3. The van der Waals surface area contributed by atoms with E-state index in [2.05, 4.69) is 5.32 Å². The van der Waals surface area contributed by atoms with Crippen molar-refractivity contribution < 1.29 is 14.2 Å². The highest BCUT2D eigenvalue weighted by Gasteiger charge is 2.16. The van der Waals surface area contributed by atoms with E-state index in [9.17, 15) is 0 Å². The van der Waals surface area contributed by atoms with E-state index in [1.54, 1.807) is 0 Å². The number of hydrogen-bond acceptors (Lipinski definition) is 4. The van der Waals surface area contributed by atoms with Gasteiger partial charge >= 0.3 is 0 Å². The van der Waals surface area contributed by atoms with Crippen molar-refractivity contribution in [2.75, 3.05) is 31.7 Å². The van der Waals surface area contributed by atoms with Gasteiger partial charge in [-0.1, -0.05) is 0 Å². The third-order valence-corrected chi connectivity index (χ3v) is 3.11. The van der Waals surface area contributed by atoms with E-state index in [0.29, 0.717) is 19.3 Å². The summed E-state index contributed by atoms with van der Waals surface area (Å²) in [5.74, 6) is 1.73. The summed E-state index contributed by atoms with van der Waals surface area (Å²) in [6.07, 6.45) is 2.59. The summed E-state index contributed by atoms with van der Waals surface area (Å²) in [5.41, 5.74) is 0.975. The summed E-state index contributed by atoms with van der Waals surface area (Å²) in [4.78, 5) is 0. The van der Waals surface area contributed by atoms with Gasteiger partial charge < -0.3 is 19.5 Å². The average molecular weight is 265 g/mol. The van der Waals surface area contributed by atoms with Crippen molar-refractivity contribution in [3.05, 3.63) is 18.2 Å². The van der Waals surface area contributed by atoms with Crippen molar-refractivity contribution in [3.8, 4) is 11.5 Å². The second-order valence-corrected chi connectivity index (χ2v) is 4.54. The Hall–Kier alpha value is -1.42. The Morgan fingerprint density at radius 2 is 2.11 bits per heavy atom. The molecular formula is C15H23NO3. The van der Waals surface area contributed by atoms with Crippen LogP contribution in [-0.4, -0.2) is 32.5 Å². The van der Waals surface area contributed by atoms with Crippen LogP contribution in [0.3, 0.4) is 0 Å². The maximum absolute atomic E-state index is 5.63. The van der Waals surface area contributed by atoms with Crippen LogP contribution in [0.15, 0.2) is 18.2 Å². The fourth-order valence-electron chi connectivity index (χ4n) is 2.21. The molecule has 0 aliphatic carbocycles. The van der Waals surface area contributed by atoms with Crippen LogP contribution in [0.4, 0.5) is 5.69 Å². The highest BCUT2D eigenvalue weighted by atomic mass is 16.5. The Bertz CT molecular complexity index is 389. The maximum atomic E-state index is 5.63. The quantitative estimate of drug-likeness (QED) is 0.822. The third kappa shape index (κ3) is 4.03. The summed E-state index contributed by atoms with van der Waals surface area (Å²) < 4.78 is 16.8. The first-order chi connectivity index (χ1) is 9.33. The summed E-state index contributed by atoms with van der Waals surface area (Å²) >= 11 is 0. The summed E-state index contributed by atoms with van der Waals surface area (Å²) in [5, 5.41) is 3.41. The second-order valence-electron chi connectivity index (χ2n) is 4.54. The van der Waals surface area contributed by atoms with Crippen LogP contribution in [0.1, 0.15) is 26.7 Å². The minimum absolute atomic E-state index is 0.310. The average Bonchev–Trinajstić information content (AvgIpc) is 2.92. The van der Waals surface area contributed by atoms with E-state index in [1.807, 2.05) is 32.0 Å². The number of hydrogen-bond donors (Lipinski definition) is 1. The summed E-state index contributed by atoms with van der Waals surface area (Å²) in [6, 6.07) is 5.88. The van der Waals surface area contributed by atoms with Crippen LogP contribution < -0.4 is 14.8 Å². The van der Waals surface area contributed by atoms with Crippen molar-refractivity contribution in [3.63, 3.8) is 0 Å². The van der Waals surface area contributed by atoms with Crippen molar-refractivity contribution in [2.45, 2.75) is 32.8 Å². The highest BCUT2D eigenvalue weighted by Crippen LogP contribution is 2.29. The first kappa shape index (κ1) is 14.0. The monoisotopic (exact) mass is 265 g/mol. The molecule has 1 unspecified atom stereocenters. The maximum Gasteiger partial charge on any atom is 0.142 e. The molecule has 0 spiro atoms. The molecule has 1 aliphatic rings. The first-order valence-corrected chi connectivity index (χ1v) is 7.08. The SMILES string of the molecule is CCOc1ccc(OCC)c(NCC2CCCO2)c1. The molecule has 1 aliphatic heterocycles. The molecule has 0 saturated carbocycles. The Morgan fingerprint density at radius 1 is 1.26 bits per heavy atom. The lowest BCUT2D eigenvalue weighted by molar-refractivity contribution is 0.120. The van der Waals surface area contributed by atoms with E-state index in [1.165, 1.54) is 0 Å². The van der Waals surface area contributed by atoms with Gasteiger partial charge in [-0.2, -0.15) is 0 Å². The molecule has 1 aromatic carbocycles. The van der Waals surface area contributed by atoms with E-state index in [4.69, 9.17) is 14.2 Å². The standard InChI is InChI=1S/C15H23NO3/c1-3-17-12-7-8-15(18-4-2)14(10-12)16-11-13-6-5-9-19-13/h7-8,10,13,16H,3-6,9,11H2,1-2H3. The molecule has 106 valence electrons. The molecule has 0 bridgehead atoms. The molecule has 4 heteroatoms. The van der Waals surface area contributed by atoms with Crippen molar-refractivity contribution in [1.82, 2.24) is 0 Å². The fraction of sp³-hybridized carbons (Fsp3) is 0.600. The molecular weight excluding hydrogens is 242 g/mol. The molecule has 4 nitrogen and oxygen atoms in total. The van der Waals surface area contributed by atoms with Gasteiger partial charge in [0.1, 0.15) is 11.5 Å². The van der Waals surface area contributed by atoms with Gasteiger partial charge in [0.15, 0.2) is 0 Å². The zero-order chi connectivity index (χ0) is 13.5. The number of benzene rings is 1. The Morgan fingerprint density at radius 3 is 2.79 bits per heavy atom. The molecule has 0 radical (unpaired) electrons. The smallest absolute Gasteiger partial charge is 0.142 e. The first-order valence-electron chi connectivity index (χ1n) is 7.08. The minimum atomic E-state index is 0.310. The molecule has 1 heterocycles. The Labute approximate surface area is 115 Å². The summed E-state index contributed by atoms with van der Waals surface area (Å²) in [7, 11) is 0. The number of anilines is 1. The molecule has 19 heavy (non-hydrogen) atoms. The largest absolute Gasteiger partial charge is 0.494 e. The second kappa shape index (κ2) is 7.24. The van der Waals surface area contributed by atoms with Gasteiger partial charge in [0.25, 0.3) is 0 Å². The predicted molar refractivity (Wildman–Crippen MR) is 76.2 cm³/mol. The van der Waals surface area contributed by atoms with Gasteiger partial charge in [0.05, 0.1) is 25.0 Å². The number of rotatable bonds is 7. The topological polar surface area (TPSA) is 39.7 Å². The van der Waals surface area contributed by atoms with E-state index < -0.39 is 0 Å². The molecule has 0 aromatic heterocycles. The lowest BCUT2D eigenvalue weighted by Crippen LogP contribution is -2.18. The van der Waals surface area contributed by atoms with Gasteiger partial charge in [0.2, 0.25) is 0 Å². The van der Waals surface area contributed by atoms with E-state index in [0.717, 1.165) is 43.2 Å². The minimum Gasteiger partial charge on any atom is -0.494 e. The van der Waals surface area contributed by atoms with E-state index >= 15 is 0 Å². The van der Waals surface area contributed by atoms with Gasteiger partial charge in [-0.3, -0.25) is 0 Å². The third-order valence-electron chi connectivity index (χ3n) is 3.11. The molecule has 1 atom stereocenters. The van der Waals surface area contributed by atoms with Crippen LogP contribution in [0.25, 0.3) is 0 Å². The van der Waals surface area contributed by atoms with Crippen LogP contribution >= 0.6 is 0 Å². The highest BCUT2D eigenvalue weighted by molar-refractivity contribution is 5.59. The predicted octanol–water partition coefficient (Wildman–Crippen LogP) is 3.07.